The highest BCUT2D eigenvalue weighted by Crippen LogP contribution is 2.50. The highest BCUT2D eigenvalue weighted by molar-refractivity contribution is 9.10. The standard InChI is InChI=1S/C9H21BrOSi/c1-7(2,3)9(10,11-12)8(4,5)6/h1-6,12H3. The molecule has 0 unspecified atom stereocenters. The molecule has 0 aromatic rings. The summed E-state index contributed by atoms with van der Waals surface area (Å²) in [4.78, 5) is 0. The summed E-state index contributed by atoms with van der Waals surface area (Å²) in [6.07, 6.45) is 0. The average molecular weight is 253 g/mol. The Hall–Kier alpha value is 0.657. The molecule has 3 heteroatoms. The average Bonchev–Trinajstić information content (AvgIpc) is 1.81. The van der Waals surface area contributed by atoms with Crippen molar-refractivity contribution in [3.8, 4) is 0 Å². The third kappa shape index (κ3) is 2.12. The number of alkyl halides is 1. The molecule has 0 aromatic heterocycles. The Morgan fingerprint density at radius 2 is 1.17 bits per heavy atom. The minimum absolute atomic E-state index is 0.118. The van der Waals surface area contributed by atoms with E-state index >= 15 is 0 Å². The number of halogens is 1. The molecule has 0 saturated carbocycles. The van der Waals surface area contributed by atoms with Crippen molar-refractivity contribution in [2.75, 3.05) is 0 Å². The van der Waals surface area contributed by atoms with E-state index in [0.29, 0.717) is 0 Å². The van der Waals surface area contributed by atoms with Crippen molar-refractivity contribution >= 4 is 26.4 Å². The lowest BCUT2D eigenvalue weighted by Gasteiger charge is -2.48. The quantitative estimate of drug-likeness (QED) is 0.515. The first kappa shape index (κ1) is 12.7. The van der Waals surface area contributed by atoms with Gasteiger partial charge in [-0.05, 0) is 0 Å². The summed E-state index contributed by atoms with van der Waals surface area (Å²) < 4.78 is 5.51. The van der Waals surface area contributed by atoms with E-state index in [-0.39, 0.29) is 15.3 Å². The molecule has 0 rings (SSSR count). The van der Waals surface area contributed by atoms with E-state index in [1.807, 2.05) is 0 Å². The summed E-state index contributed by atoms with van der Waals surface area (Å²) in [6.45, 7) is 13.2. The van der Waals surface area contributed by atoms with Gasteiger partial charge in [0, 0.05) is 10.8 Å². The Kier molecular flexibility index (Phi) is 3.61. The van der Waals surface area contributed by atoms with E-state index in [4.69, 9.17) is 4.43 Å². The third-order valence-corrected chi connectivity index (χ3v) is 6.12. The highest BCUT2D eigenvalue weighted by atomic mass is 79.9. The van der Waals surface area contributed by atoms with Crippen LogP contribution in [-0.2, 0) is 4.43 Å². The van der Waals surface area contributed by atoms with Gasteiger partial charge in [0.1, 0.15) is 15.0 Å². The summed E-state index contributed by atoms with van der Waals surface area (Å²) in [7, 11) is 0.762. The predicted octanol–water partition coefficient (Wildman–Crippen LogP) is 2.47. The Labute approximate surface area is 87.9 Å². The minimum atomic E-state index is -0.209. The maximum Gasteiger partial charge on any atom is 0.147 e. The van der Waals surface area contributed by atoms with Crippen molar-refractivity contribution in [2.45, 2.75) is 46.1 Å². The summed E-state index contributed by atoms with van der Waals surface area (Å²) in [5.41, 5.74) is 0.236. The van der Waals surface area contributed by atoms with Gasteiger partial charge >= 0.3 is 0 Å². The number of hydrogen-bond acceptors (Lipinski definition) is 1. The Morgan fingerprint density at radius 3 is 1.17 bits per heavy atom. The molecule has 0 atom stereocenters. The molecule has 0 amide bonds. The van der Waals surface area contributed by atoms with Gasteiger partial charge in [-0.1, -0.05) is 57.5 Å². The highest BCUT2D eigenvalue weighted by Gasteiger charge is 2.48. The van der Waals surface area contributed by atoms with Crippen LogP contribution in [0.3, 0.4) is 0 Å². The normalized spacial score (nSPS) is 15.2. The lowest BCUT2D eigenvalue weighted by molar-refractivity contribution is -0.0228. The number of rotatable bonds is 1. The van der Waals surface area contributed by atoms with Gasteiger partial charge in [-0.3, -0.25) is 0 Å². The SMILES string of the molecule is CC(C)(C)C(Br)(O[SiH3])C(C)(C)C. The Morgan fingerprint density at radius 1 is 0.917 bits per heavy atom. The van der Waals surface area contributed by atoms with E-state index in [2.05, 4.69) is 57.5 Å². The molecular weight excluding hydrogens is 232 g/mol. The van der Waals surface area contributed by atoms with E-state index in [1.54, 1.807) is 0 Å². The zero-order valence-corrected chi connectivity index (χ0v) is 12.9. The van der Waals surface area contributed by atoms with Gasteiger partial charge in [0.15, 0.2) is 0 Å². The first-order chi connectivity index (χ1) is 5.06. The van der Waals surface area contributed by atoms with Gasteiger partial charge in [-0.2, -0.15) is 0 Å². The molecular formula is C9H21BrOSi. The maximum atomic E-state index is 5.72. The van der Waals surface area contributed by atoms with E-state index in [9.17, 15) is 0 Å². The van der Waals surface area contributed by atoms with Crippen LogP contribution in [0.1, 0.15) is 41.5 Å². The molecule has 0 aromatic carbocycles. The smallest absolute Gasteiger partial charge is 0.147 e. The van der Waals surface area contributed by atoms with Gasteiger partial charge in [-0.15, -0.1) is 0 Å². The molecule has 1 nitrogen and oxygen atoms in total. The maximum absolute atomic E-state index is 5.72. The molecule has 0 spiro atoms. The second kappa shape index (κ2) is 3.43. The van der Waals surface area contributed by atoms with Crippen LogP contribution in [0.4, 0.5) is 0 Å². The van der Waals surface area contributed by atoms with Crippen molar-refractivity contribution in [1.29, 1.82) is 0 Å². The predicted molar refractivity (Wildman–Crippen MR) is 61.6 cm³/mol. The van der Waals surface area contributed by atoms with E-state index in [1.165, 1.54) is 0 Å². The first-order valence-corrected chi connectivity index (χ1v) is 5.91. The van der Waals surface area contributed by atoms with Crippen molar-refractivity contribution in [3.05, 3.63) is 0 Å². The number of hydrogen-bond donors (Lipinski definition) is 0. The van der Waals surface area contributed by atoms with E-state index < -0.39 is 0 Å². The molecule has 0 aliphatic rings. The summed E-state index contributed by atoms with van der Waals surface area (Å²) in [6, 6.07) is 0. The second-order valence-corrected chi connectivity index (χ2v) is 6.82. The molecule has 0 fully saturated rings. The second-order valence-electron chi connectivity index (χ2n) is 5.30. The molecule has 0 aliphatic carbocycles. The van der Waals surface area contributed by atoms with Gasteiger partial charge < -0.3 is 4.43 Å². The fraction of sp³-hybridized carbons (Fsp3) is 1.00. The first-order valence-electron chi connectivity index (χ1n) is 4.30. The largest absolute Gasteiger partial charge is 0.412 e. The van der Waals surface area contributed by atoms with Crippen LogP contribution in [0.2, 0.25) is 0 Å². The fourth-order valence-corrected chi connectivity index (χ4v) is 2.96. The monoisotopic (exact) mass is 252 g/mol. The molecule has 0 radical (unpaired) electrons. The van der Waals surface area contributed by atoms with Crippen LogP contribution in [0, 0.1) is 10.8 Å². The van der Waals surface area contributed by atoms with Gasteiger partial charge in [-0.25, -0.2) is 0 Å². The van der Waals surface area contributed by atoms with Crippen LogP contribution in [0.25, 0.3) is 0 Å². The summed E-state index contributed by atoms with van der Waals surface area (Å²) >= 11 is 3.74. The van der Waals surface area contributed by atoms with Crippen molar-refractivity contribution < 1.29 is 4.43 Å². The van der Waals surface area contributed by atoms with Crippen molar-refractivity contribution in [3.63, 3.8) is 0 Å². The van der Waals surface area contributed by atoms with Crippen LogP contribution < -0.4 is 0 Å². The molecule has 0 saturated heterocycles. The lowest BCUT2D eigenvalue weighted by Crippen LogP contribution is -2.49. The van der Waals surface area contributed by atoms with Crippen LogP contribution >= 0.6 is 15.9 Å². The van der Waals surface area contributed by atoms with Crippen molar-refractivity contribution in [1.82, 2.24) is 0 Å². The van der Waals surface area contributed by atoms with Crippen LogP contribution in [0.15, 0.2) is 0 Å². The Bertz CT molecular complexity index is 141. The van der Waals surface area contributed by atoms with Crippen LogP contribution in [0.5, 0.6) is 0 Å². The van der Waals surface area contributed by atoms with Crippen LogP contribution in [-0.4, -0.2) is 15.0 Å². The fourth-order valence-electron chi connectivity index (χ4n) is 1.74. The molecule has 12 heavy (non-hydrogen) atoms. The van der Waals surface area contributed by atoms with Gasteiger partial charge in [0.2, 0.25) is 0 Å². The topological polar surface area (TPSA) is 9.23 Å². The lowest BCUT2D eigenvalue weighted by atomic mass is 9.74. The van der Waals surface area contributed by atoms with Gasteiger partial charge in [0.25, 0.3) is 0 Å². The molecule has 0 N–H and O–H groups in total. The third-order valence-electron chi connectivity index (χ3n) is 2.21. The minimum Gasteiger partial charge on any atom is -0.412 e. The van der Waals surface area contributed by atoms with Crippen molar-refractivity contribution in [2.24, 2.45) is 10.8 Å². The zero-order valence-electron chi connectivity index (χ0n) is 9.29. The molecule has 74 valence electrons. The zero-order chi connectivity index (χ0) is 10.2. The van der Waals surface area contributed by atoms with E-state index in [0.717, 1.165) is 10.5 Å². The summed E-state index contributed by atoms with van der Waals surface area (Å²) in [5, 5.41) is 0. The Balaban J connectivity index is 4.95. The molecule has 0 aliphatic heterocycles. The molecule has 0 heterocycles. The summed E-state index contributed by atoms with van der Waals surface area (Å²) in [5.74, 6) is 0. The van der Waals surface area contributed by atoms with Gasteiger partial charge in [0.05, 0.1) is 0 Å². The molecule has 0 bridgehead atoms.